The molecule has 3 heterocycles. The maximum absolute atomic E-state index is 5.51. The van der Waals surface area contributed by atoms with Crippen molar-refractivity contribution in [1.82, 2.24) is 19.7 Å². The molecule has 0 N–H and O–H groups in total. The Morgan fingerprint density at radius 2 is 1.67 bits per heavy atom. The number of rotatable bonds is 6. The Bertz CT molecular complexity index is 1120. The first-order chi connectivity index (χ1) is 14.9. The van der Waals surface area contributed by atoms with Crippen LogP contribution >= 0.6 is 11.8 Å². The second-order valence-electron chi connectivity index (χ2n) is 7.24. The minimum Gasteiger partial charge on any atom is -0.378 e. The molecule has 0 aliphatic carbocycles. The van der Waals surface area contributed by atoms with E-state index in [4.69, 9.17) is 9.72 Å². The molecule has 0 radical (unpaired) electrons. The van der Waals surface area contributed by atoms with Crippen LogP contribution in [0, 0.1) is 0 Å². The number of hydrogen-bond acceptors (Lipinski definition) is 6. The summed E-state index contributed by atoms with van der Waals surface area (Å²) in [6.07, 6.45) is 0. The van der Waals surface area contributed by atoms with E-state index in [9.17, 15) is 0 Å². The van der Waals surface area contributed by atoms with Gasteiger partial charge in [0.2, 0.25) is 5.95 Å². The number of ether oxygens (including phenoxy) is 1. The zero-order valence-corrected chi connectivity index (χ0v) is 17.5. The first kappa shape index (κ1) is 19.1. The fourth-order valence-corrected chi connectivity index (χ4v) is 4.45. The summed E-state index contributed by atoms with van der Waals surface area (Å²) in [7, 11) is 0. The van der Waals surface area contributed by atoms with E-state index in [1.807, 2.05) is 18.2 Å². The molecule has 4 aromatic rings. The number of morpholine rings is 1. The molecule has 30 heavy (non-hydrogen) atoms. The van der Waals surface area contributed by atoms with E-state index in [1.54, 1.807) is 11.8 Å². The summed E-state index contributed by atoms with van der Waals surface area (Å²) in [4.78, 5) is 7.06. The van der Waals surface area contributed by atoms with E-state index >= 15 is 0 Å². The normalized spacial score (nSPS) is 14.3. The maximum Gasteiger partial charge on any atom is 0.228 e. The van der Waals surface area contributed by atoms with Crippen LogP contribution in [0.4, 0.5) is 5.95 Å². The lowest BCUT2D eigenvalue weighted by molar-refractivity contribution is 0.121. The van der Waals surface area contributed by atoms with Crippen LogP contribution in [0.2, 0.25) is 0 Å². The van der Waals surface area contributed by atoms with E-state index in [-0.39, 0.29) is 0 Å². The summed E-state index contributed by atoms with van der Waals surface area (Å²) in [5.41, 5.74) is 3.30. The van der Waals surface area contributed by atoms with Gasteiger partial charge < -0.3 is 9.64 Å². The van der Waals surface area contributed by atoms with Crippen molar-refractivity contribution in [2.75, 3.05) is 31.2 Å². The summed E-state index contributed by atoms with van der Waals surface area (Å²) < 4.78 is 7.73. The Labute approximate surface area is 179 Å². The lowest BCUT2D eigenvalue weighted by Crippen LogP contribution is -2.38. The fraction of sp³-hybridized carbons (Fsp3) is 0.261. The largest absolute Gasteiger partial charge is 0.378 e. The highest BCUT2D eigenvalue weighted by Crippen LogP contribution is 2.27. The summed E-state index contributed by atoms with van der Waals surface area (Å²) >= 11 is 1.68. The van der Waals surface area contributed by atoms with Gasteiger partial charge in [0.05, 0.1) is 31.0 Å². The first-order valence-electron chi connectivity index (χ1n) is 10.1. The maximum atomic E-state index is 5.51. The second-order valence-corrected chi connectivity index (χ2v) is 8.18. The molecule has 1 aliphatic heterocycles. The van der Waals surface area contributed by atoms with Crippen LogP contribution in [-0.2, 0) is 17.0 Å². The minimum absolute atomic E-state index is 0.724. The van der Waals surface area contributed by atoms with Crippen LogP contribution in [0.5, 0.6) is 0 Å². The molecule has 1 saturated heterocycles. The van der Waals surface area contributed by atoms with Gasteiger partial charge in [-0.3, -0.25) is 9.55 Å². The molecular formula is C23H23N5OS. The number of thioether (sulfide) groups is 1. The van der Waals surface area contributed by atoms with Crippen LogP contribution in [-0.4, -0.2) is 46.1 Å². The van der Waals surface area contributed by atoms with Crippen LogP contribution in [0.1, 0.15) is 11.3 Å². The molecule has 2 aromatic carbocycles. The predicted octanol–water partition coefficient (Wildman–Crippen LogP) is 4.00. The van der Waals surface area contributed by atoms with E-state index in [1.165, 1.54) is 5.56 Å². The molecule has 0 atom stereocenters. The first-order valence-corrected chi connectivity index (χ1v) is 11.1. The van der Waals surface area contributed by atoms with E-state index in [2.05, 4.69) is 68.2 Å². The Balaban J connectivity index is 1.40. The van der Waals surface area contributed by atoms with Crippen molar-refractivity contribution in [3.63, 3.8) is 0 Å². The van der Waals surface area contributed by atoms with Gasteiger partial charge in [-0.25, -0.2) is 0 Å². The summed E-state index contributed by atoms with van der Waals surface area (Å²) in [6.45, 7) is 3.87. The van der Waals surface area contributed by atoms with Crippen molar-refractivity contribution in [2.45, 2.75) is 17.5 Å². The number of nitrogens with zero attached hydrogens (tertiary/aromatic N) is 5. The molecular weight excluding hydrogens is 394 g/mol. The number of pyridine rings is 1. The van der Waals surface area contributed by atoms with Crippen LogP contribution in [0.25, 0.3) is 10.9 Å². The molecule has 152 valence electrons. The quantitative estimate of drug-likeness (QED) is 0.442. The molecule has 0 bridgehead atoms. The van der Waals surface area contributed by atoms with Crippen molar-refractivity contribution in [3.05, 3.63) is 78.0 Å². The van der Waals surface area contributed by atoms with Crippen molar-refractivity contribution < 1.29 is 4.74 Å². The average molecular weight is 418 g/mol. The van der Waals surface area contributed by atoms with Crippen molar-refractivity contribution in [2.24, 2.45) is 0 Å². The third-order valence-corrected chi connectivity index (χ3v) is 6.18. The molecule has 2 aromatic heterocycles. The lowest BCUT2D eigenvalue weighted by Gasteiger charge is -2.28. The summed E-state index contributed by atoms with van der Waals surface area (Å²) in [5, 5.41) is 11.1. The van der Waals surface area contributed by atoms with Crippen molar-refractivity contribution in [3.8, 4) is 0 Å². The fourth-order valence-electron chi connectivity index (χ4n) is 3.62. The minimum atomic E-state index is 0.724. The highest BCUT2D eigenvalue weighted by atomic mass is 32.2. The molecule has 7 heteroatoms. The Kier molecular flexibility index (Phi) is 5.63. The molecule has 0 saturated carbocycles. The molecule has 1 aliphatic rings. The third kappa shape index (κ3) is 4.17. The lowest BCUT2D eigenvalue weighted by atomic mass is 10.2. The molecule has 0 spiro atoms. The van der Waals surface area contributed by atoms with Gasteiger partial charge in [-0.15, -0.1) is 10.2 Å². The van der Waals surface area contributed by atoms with E-state index < -0.39 is 0 Å². The predicted molar refractivity (Wildman–Crippen MR) is 120 cm³/mol. The Hall–Kier alpha value is -2.90. The summed E-state index contributed by atoms with van der Waals surface area (Å²) in [5.74, 6) is 1.66. The topological polar surface area (TPSA) is 56.1 Å². The average Bonchev–Trinajstić information content (AvgIpc) is 3.21. The number of fused-ring (bicyclic) bond motifs is 1. The number of para-hydroxylation sites is 1. The van der Waals surface area contributed by atoms with Gasteiger partial charge in [-0.1, -0.05) is 66.4 Å². The highest BCUT2D eigenvalue weighted by molar-refractivity contribution is 7.98. The van der Waals surface area contributed by atoms with Gasteiger partial charge in [0.25, 0.3) is 0 Å². The summed E-state index contributed by atoms with van der Waals surface area (Å²) in [6, 6.07) is 22.9. The molecule has 1 fully saturated rings. The molecule has 5 rings (SSSR count). The van der Waals surface area contributed by atoms with Gasteiger partial charge in [0.15, 0.2) is 5.16 Å². The van der Waals surface area contributed by atoms with Crippen molar-refractivity contribution in [1.29, 1.82) is 0 Å². The van der Waals surface area contributed by atoms with Gasteiger partial charge in [-0.05, 0) is 17.7 Å². The zero-order valence-electron chi connectivity index (χ0n) is 16.6. The van der Waals surface area contributed by atoms with Gasteiger partial charge in [-0.2, -0.15) is 0 Å². The van der Waals surface area contributed by atoms with Gasteiger partial charge in [0, 0.05) is 24.2 Å². The molecule has 0 amide bonds. The number of hydrogen-bond donors (Lipinski definition) is 0. The third-order valence-electron chi connectivity index (χ3n) is 5.18. The molecule has 6 nitrogen and oxygen atoms in total. The van der Waals surface area contributed by atoms with Crippen LogP contribution in [0.3, 0.4) is 0 Å². The van der Waals surface area contributed by atoms with Crippen LogP contribution in [0.15, 0.2) is 71.9 Å². The van der Waals surface area contributed by atoms with Crippen LogP contribution < -0.4 is 4.90 Å². The zero-order chi connectivity index (χ0) is 20.2. The monoisotopic (exact) mass is 417 g/mol. The highest BCUT2D eigenvalue weighted by Gasteiger charge is 2.21. The Morgan fingerprint density at radius 1 is 0.867 bits per heavy atom. The van der Waals surface area contributed by atoms with Gasteiger partial charge in [0.1, 0.15) is 0 Å². The Morgan fingerprint density at radius 3 is 2.53 bits per heavy atom. The standard InChI is InChI=1S/C23H23N5OS/c1-2-6-18(7-3-1)16-28-22(27-12-14-29-15-13-27)25-26-23(28)30-17-20-11-10-19-8-4-5-9-21(19)24-20/h1-11H,12-17H2. The number of aromatic nitrogens is 4. The number of anilines is 1. The van der Waals surface area contributed by atoms with E-state index in [0.717, 1.165) is 66.3 Å². The van der Waals surface area contributed by atoms with Crippen molar-refractivity contribution >= 4 is 28.6 Å². The van der Waals surface area contributed by atoms with E-state index in [0.29, 0.717) is 0 Å². The second kappa shape index (κ2) is 8.85. The molecule has 0 unspecified atom stereocenters. The van der Waals surface area contributed by atoms with Gasteiger partial charge >= 0.3 is 0 Å². The number of benzene rings is 2. The SMILES string of the molecule is c1ccc(Cn2c(SCc3ccc4ccccc4n3)nnc2N2CCOCC2)cc1. The smallest absolute Gasteiger partial charge is 0.228 e.